The van der Waals surface area contributed by atoms with Crippen LogP contribution in [0.1, 0.15) is 12.2 Å². The van der Waals surface area contributed by atoms with Gasteiger partial charge in [-0.25, -0.2) is 9.37 Å². The van der Waals surface area contributed by atoms with Gasteiger partial charge < -0.3 is 10.3 Å². The highest BCUT2D eigenvalue weighted by Crippen LogP contribution is 2.24. The summed E-state index contributed by atoms with van der Waals surface area (Å²) in [5, 5.41) is 3.59. The molecule has 3 nitrogen and oxygen atoms in total. The Morgan fingerprint density at radius 3 is 3.06 bits per heavy atom. The zero-order chi connectivity index (χ0) is 13.0. The first-order valence-corrected chi connectivity index (χ1v) is 6.22. The van der Waals surface area contributed by atoms with Gasteiger partial charge in [-0.1, -0.05) is 11.6 Å². The number of nitrogens with one attached hydrogen (secondary N) is 2. The number of benzene rings is 1. The van der Waals surface area contributed by atoms with Crippen LogP contribution in [0.3, 0.4) is 0 Å². The van der Waals surface area contributed by atoms with E-state index >= 15 is 0 Å². The van der Waals surface area contributed by atoms with E-state index in [4.69, 9.17) is 11.6 Å². The Morgan fingerprint density at radius 1 is 1.44 bits per heavy atom. The smallest absolute Gasteiger partial charge is 0.132 e. The van der Waals surface area contributed by atoms with E-state index in [1.165, 1.54) is 12.1 Å². The van der Waals surface area contributed by atoms with Crippen LogP contribution in [0, 0.1) is 5.82 Å². The monoisotopic (exact) mass is 267 g/mol. The van der Waals surface area contributed by atoms with E-state index in [2.05, 4.69) is 15.3 Å². The predicted octanol–water partition coefficient (Wildman–Crippen LogP) is 3.02. The van der Waals surface area contributed by atoms with Gasteiger partial charge in [-0.2, -0.15) is 0 Å². The lowest BCUT2D eigenvalue weighted by atomic mass is 10.1. The molecule has 0 fully saturated rings. The topological polar surface area (TPSA) is 40.7 Å². The molecule has 2 rings (SSSR count). The van der Waals surface area contributed by atoms with E-state index in [0.29, 0.717) is 16.3 Å². The van der Waals surface area contributed by atoms with Crippen LogP contribution in [0.5, 0.6) is 0 Å². The third-order valence-corrected chi connectivity index (χ3v) is 2.92. The molecule has 1 heterocycles. The lowest BCUT2D eigenvalue weighted by molar-refractivity contribution is 0.631. The number of aromatic nitrogens is 2. The van der Waals surface area contributed by atoms with Crippen LogP contribution in [0.15, 0.2) is 24.4 Å². The molecule has 1 aromatic carbocycles. The molecule has 0 saturated heterocycles. The lowest BCUT2D eigenvalue weighted by Gasteiger charge is -2.01. The Labute approximate surface area is 110 Å². The number of imidazole rings is 1. The van der Waals surface area contributed by atoms with Gasteiger partial charge in [0.25, 0.3) is 0 Å². The maximum atomic E-state index is 13.7. The van der Waals surface area contributed by atoms with Gasteiger partial charge in [0.15, 0.2) is 0 Å². The first-order chi connectivity index (χ1) is 8.70. The van der Waals surface area contributed by atoms with Gasteiger partial charge in [-0.15, -0.1) is 0 Å². The van der Waals surface area contributed by atoms with Gasteiger partial charge in [0.1, 0.15) is 11.6 Å². The summed E-state index contributed by atoms with van der Waals surface area (Å²) >= 11 is 5.87. The van der Waals surface area contributed by atoms with Crippen molar-refractivity contribution >= 4 is 11.6 Å². The van der Waals surface area contributed by atoms with E-state index in [9.17, 15) is 4.39 Å². The zero-order valence-electron chi connectivity index (χ0n) is 10.1. The van der Waals surface area contributed by atoms with Crippen LogP contribution in [0.25, 0.3) is 11.3 Å². The first kappa shape index (κ1) is 13.1. The van der Waals surface area contributed by atoms with Crippen molar-refractivity contribution in [1.82, 2.24) is 15.3 Å². The van der Waals surface area contributed by atoms with Crippen LogP contribution < -0.4 is 5.32 Å². The minimum atomic E-state index is -0.301. The van der Waals surface area contributed by atoms with Crippen molar-refractivity contribution in [2.24, 2.45) is 0 Å². The van der Waals surface area contributed by atoms with Crippen molar-refractivity contribution < 1.29 is 4.39 Å². The molecule has 1 aromatic heterocycles. The lowest BCUT2D eigenvalue weighted by Crippen LogP contribution is -2.08. The second kappa shape index (κ2) is 5.98. The molecule has 0 spiro atoms. The third-order valence-electron chi connectivity index (χ3n) is 2.69. The molecule has 0 bridgehead atoms. The molecule has 0 aliphatic carbocycles. The van der Waals surface area contributed by atoms with Gasteiger partial charge in [-0.05, 0) is 38.2 Å². The average molecular weight is 268 g/mol. The molecule has 0 radical (unpaired) electrons. The molecule has 5 heteroatoms. The zero-order valence-corrected chi connectivity index (χ0v) is 10.9. The molecule has 0 atom stereocenters. The number of H-pyrrole nitrogens is 1. The summed E-state index contributed by atoms with van der Waals surface area (Å²) in [7, 11) is 1.91. The Kier molecular flexibility index (Phi) is 4.33. The number of hydrogen-bond donors (Lipinski definition) is 2. The highest BCUT2D eigenvalue weighted by molar-refractivity contribution is 6.30. The van der Waals surface area contributed by atoms with Crippen molar-refractivity contribution in [1.29, 1.82) is 0 Å². The number of rotatable bonds is 5. The number of aromatic amines is 1. The number of hydrogen-bond acceptors (Lipinski definition) is 2. The van der Waals surface area contributed by atoms with Gasteiger partial charge in [0.2, 0.25) is 0 Å². The Morgan fingerprint density at radius 2 is 2.28 bits per heavy atom. The highest BCUT2D eigenvalue weighted by atomic mass is 35.5. The molecule has 18 heavy (non-hydrogen) atoms. The molecule has 0 saturated carbocycles. The number of aryl methyl sites for hydroxylation is 1. The molecule has 0 aliphatic heterocycles. The van der Waals surface area contributed by atoms with Gasteiger partial charge in [0.05, 0.1) is 11.9 Å². The first-order valence-electron chi connectivity index (χ1n) is 5.84. The summed E-state index contributed by atoms with van der Waals surface area (Å²) in [6.45, 7) is 0.932. The maximum Gasteiger partial charge on any atom is 0.132 e. The molecule has 2 N–H and O–H groups in total. The largest absolute Gasteiger partial charge is 0.342 e. The fourth-order valence-electron chi connectivity index (χ4n) is 1.76. The molecule has 0 unspecified atom stereocenters. The predicted molar refractivity (Wildman–Crippen MR) is 71.2 cm³/mol. The summed E-state index contributed by atoms with van der Waals surface area (Å²) in [6.07, 6.45) is 3.47. The maximum absolute atomic E-state index is 13.7. The quantitative estimate of drug-likeness (QED) is 0.818. The molecule has 0 amide bonds. The molecule has 0 aliphatic rings. The fourth-order valence-corrected chi connectivity index (χ4v) is 1.94. The van der Waals surface area contributed by atoms with Crippen molar-refractivity contribution in [3.05, 3.63) is 41.1 Å². The number of nitrogens with zero attached hydrogens (tertiary/aromatic N) is 1. The molecule has 96 valence electrons. The Balaban J connectivity index is 2.16. The Bertz CT molecular complexity index is 525. The molecular formula is C13H15ClFN3. The summed E-state index contributed by atoms with van der Waals surface area (Å²) in [6, 6.07) is 4.49. The highest BCUT2D eigenvalue weighted by Gasteiger charge is 2.09. The summed E-state index contributed by atoms with van der Waals surface area (Å²) in [5.41, 5.74) is 1.12. The van der Waals surface area contributed by atoms with E-state index in [0.717, 1.165) is 25.2 Å². The van der Waals surface area contributed by atoms with E-state index in [1.54, 1.807) is 12.3 Å². The van der Waals surface area contributed by atoms with Crippen molar-refractivity contribution in [2.75, 3.05) is 13.6 Å². The normalized spacial score (nSPS) is 10.8. The van der Waals surface area contributed by atoms with Gasteiger partial charge in [0, 0.05) is 17.0 Å². The third kappa shape index (κ3) is 3.09. The van der Waals surface area contributed by atoms with Crippen LogP contribution in [0.2, 0.25) is 5.02 Å². The van der Waals surface area contributed by atoms with Crippen molar-refractivity contribution in [3.8, 4) is 11.3 Å². The molecule has 2 aromatic rings. The Hall–Kier alpha value is -1.39. The summed E-state index contributed by atoms with van der Waals surface area (Å²) < 4.78 is 13.7. The fraction of sp³-hybridized carbons (Fsp3) is 0.308. The average Bonchev–Trinajstić information content (AvgIpc) is 2.81. The van der Waals surface area contributed by atoms with Crippen molar-refractivity contribution in [3.63, 3.8) is 0 Å². The summed E-state index contributed by atoms with van der Waals surface area (Å²) in [5.74, 6) is 0.560. The summed E-state index contributed by atoms with van der Waals surface area (Å²) in [4.78, 5) is 7.36. The van der Waals surface area contributed by atoms with E-state index in [1.807, 2.05) is 7.05 Å². The van der Waals surface area contributed by atoms with Crippen LogP contribution >= 0.6 is 11.6 Å². The van der Waals surface area contributed by atoms with Crippen molar-refractivity contribution in [2.45, 2.75) is 12.8 Å². The minimum absolute atomic E-state index is 0.301. The van der Waals surface area contributed by atoms with Crippen LogP contribution in [-0.4, -0.2) is 23.6 Å². The van der Waals surface area contributed by atoms with Gasteiger partial charge >= 0.3 is 0 Å². The van der Waals surface area contributed by atoms with E-state index < -0.39 is 0 Å². The second-order valence-electron chi connectivity index (χ2n) is 4.07. The van der Waals surface area contributed by atoms with Crippen LogP contribution in [-0.2, 0) is 6.42 Å². The number of halogens is 2. The minimum Gasteiger partial charge on any atom is -0.342 e. The SMILES string of the molecule is CNCCCc1ncc(-c2cc(Cl)ccc2F)[nH]1. The van der Waals surface area contributed by atoms with Crippen LogP contribution in [0.4, 0.5) is 4.39 Å². The van der Waals surface area contributed by atoms with Gasteiger partial charge in [-0.3, -0.25) is 0 Å². The van der Waals surface area contributed by atoms with E-state index in [-0.39, 0.29) is 5.82 Å². The standard InChI is InChI=1S/C13H15ClFN3/c1-16-6-2-3-13-17-8-12(18-13)10-7-9(14)4-5-11(10)15/h4-5,7-8,16H,2-3,6H2,1H3,(H,17,18). The molecular weight excluding hydrogens is 253 g/mol. The second-order valence-corrected chi connectivity index (χ2v) is 4.51.